The van der Waals surface area contributed by atoms with E-state index in [0.717, 1.165) is 18.4 Å². The highest BCUT2D eigenvalue weighted by Gasteiger charge is 2.29. The van der Waals surface area contributed by atoms with Gasteiger partial charge in [-0.05, 0) is 39.2 Å². The highest BCUT2D eigenvalue weighted by Crippen LogP contribution is 2.28. The Morgan fingerprint density at radius 3 is 2.65 bits per heavy atom. The summed E-state index contributed by atoms with van der Waals surface area (Å²) in [6.07, 6.45) is 1.70. The van der Waals surface area contributed by atoms with Crippen LogP contribution in [0.2, 0.25) is 0 Å². The van der Waals surface area contributed by atoms with E-state index in [4.69, 9.17) is 4.74 Å². The Labute approximate surface area is 103 Å². The maximum absolute atomic E-state index is 12.1. The monoisotopic (exact) mass is 232 g/mol. The van der Waals surface area contributed by atoms with Crippen molar-refractivity contribution in [3.8, 4) is 0 Å². The molecule has 0 saturated carbocycles. The Hall–Kier alpha value is -1.15. The number of ether oxygens (including phenoxy) is 1. The second-order valence-corrected chi connectivity index (χ2v) is 5.67. The molecule has 0 spiro atoms. The number of rotatable bonds is 3. The van der Waals surface area contributed by atoms with Crippen LogP contribution in [0, 0.1) is 5.92 Å². The maximum Gasteiger partial charge on any atom is 0.166 e. The van der Waals surface area contributed by atoms with Crippen molar-refractivity contribution in [2.24, 2.45) is 5.92 Å². The highest BCUT2D eigenvalue weighted by atomic mass is 16.5. The zero-order valence-electron chi connectivity index (χ0n) is 10.8. The lowest BCUT2D eigenvalue weighted by Crippen LogP contribution is -2.22. The molecule has 1 unspecified atom stereocenters. The number of carbonyl (C=O) groups is 1. The van der Waals surface area contributed by atoms with Crippen molar-refractivity contribution in [3.05, 3.63) is 35.4 Å². The van der Waals surface area contributed by atoms with Gasteiger partial charge >= 0.3 is 0 Å². The molecule has 1 aromatic carbocycles. The lowest BCUT2D eigenvalue weighted by molar-refractivity contribution is -0.00827. The molecule has 2 heteroatoms. The fraction of sp³-hybridized carbons (Fsp3) is 0.533. The minimum atomic E-state index is -0.117. The van der Waals surface area contributed by atoms with Crippen LogP contribution in [0.3, 0.4) is 0 Å². The van der Waals surface area contributed by atoms with E-state index in [-0.39, 0.29) is 17.3 Å². The van der Waals surface area contributed by atoms with Gasteiger partial charge in [0.2, 0.25) is 0 Å². The molecule has 0 aromatic heterocycles. The summed E-state index contributed by atoms with van der Waals surface area (Å²) in [6.45, 7) is 6.78. The summed E-state index contributed by atoms with van der Waals surface area (Å²) < 4.78 is 5.69. The summed E-state index contributed by atoms with van der Waals surface area (Å²) in [5.41, 5.74) is 1.99. The minimum Gasteiger partial charge on any atom is -0.376 e. The molecule has 0 radical (unpaired) electrons. The van der Waals surface area contributed by atoms with Gasteiger partial charge in [-0.15, -0.1) is 0 Å². The summed E-state index contributed by atoms with van der Waals surface area (Å²) in [6, 6.07) is 7.92. The Kier molecular flexibility index (Phi) is 3.34. The molecule has 0 aliphatic heterocycles. The Morgan fingerprint density at radius 2 is 2.00 bits per heavy atom. The van der Waals surface area contributed by atoms with E-state index in [1.807, 2.05) is 39.0 Å². The summed E-state index contributed by atoms with van der Waals surface area (Å²) in [7, 11) is 0. The summed E-state index contributed by atoms with van der Waals surface area (Å²) in [5.74, 6) is 0.410. The van der Waals surface area contributed by atoms with Crippen LogP contribution in [0.4, 0.5) is 0 Å². The second-order valence-electron chi connectivity index (χ2n) is 5.67. The van der Waals surface area contributed by atoms with Crippen LogP contribution in [0.15, 0.2) is 24.3 Å². The first-order valence-corrected chi connectivity index (χ1v) is 6.23. The molecular formula is C15H20O2. The smallest absolute Gasteiger partial charge is 0.166 e. The number of fused-ring (bicyclic) bond motifs is 1. The number of ketones is 1. The molecule has 1 aromatic rings. The van der Waals surface area contributed by atoms with Crippen LogP contribution in [0.5, 0.6) is 0 Å². The largest absolute Gasteiger partial charge is 0.376 e. The van der Waals surface area contributed by atoms with Gasteiger partial charge in [0.05, 0.1) is 5.60 Å². The first kappa shape index (κ1) is 12.3. The van der Waals surface area contributed by atoms with Crippen molar-refractivity contribution in [2.45, 2.75) is 39.2 Å². The zero-order valence-corrected chi connectivity index (χ0v) is 10.8. The van der Waals surface area contributed by atoms with E-state index >= 15 is 0 Å². The van der Waals surface area contributed by atoms with Crippen LogP contribution in [-0.4, -0.2) is 18.0 Å². The molecule has 1 atom stereocenters. The first-order valence-electron chi connectivity index (χ1n) is 6.23. The van der Waals surface area contributed by atoms with Crippen LogP contribution < -0.4 is 0 Å². The third-order valence-corrected chi connectivity index (χ3v) is 3.12. The van der Waals surface area contributed by atoms with Crippen LogP contribution in [0.1, 0.15) is 43.1 Å². The lowest BCUT2D eigenvalue weighted by Gasteiger charge is -2.20. The Bertz CT molecular complexity index is 415. The average Bonchev–Trinajstić information content (AvgIpc) is 2.55. The van der Waals surface area contributed by atoms with E-state index in [1.165, 1.54) is 5.56 Å². The molecular weight excluding hydrogens is 212 g/mol. The molecule has 2 nitrogen and oxygen atoms in total. The molecule has 0 fully saturated rings. The molecule has 0 heterocycles. The lowest BCUT2D eigenvalue weighted by atomic mass is 10.0. The standard InChI is InChI=1S/C15H20O2/c1-15(2,3)17-9-8-12-10-11-6-4-5-7-13(11)14(12)16/h4-7,12H,8-10H2,1-3H3. The van der Waals surface area contributed by atoms with Gasteiger partial charge in [0.15, 0.2) is 5.78 Å². The van der Waals surface area contributed by atoms with E-state index in [2.05, 4.69) is 6.07 Å². The van der Waals surface area contributed by atoms with Crippen molar-refractivity contribution in [1.29, 1.82) is 0 Å². The van der Waals surface area contributed by atoms with Crippen molar-refractivity contribution in [3.63, 3.8) is 0 Å². The molecule has 0 N–H and O–H groups in total. The number of carbonyl (C=O) groups excluding carboxylic acids is 1. The minimum absolute atomic E-state index is 0.117. The fourth-order valence-electron chi connectivity index (χ4n) is 2.26. The number of Topliss-reactive ketones (excluding diaryl/α,β-unsaturated/α-hetero) is 1. The Balaban J connectivity index is 1.92. The highest BCUT2D eigenvalue weighted by molar-refractivity contribution is 6.02. The zero-order chi connectivity index (χ0) is 12.5. The van der Waals surface area contributed by atoms with E-state index < -0.39 is 0 Å². The molecule has 0 saturated heterocycles. The van der Waals surface area contributed by atoms with Crippen molar-refractivity contribution < 1.29 is 9.53 Å². The maximum atomic E-state index is 12.1. The molecule has 17 heavy (non-hydrogen) atoms. The van der Waals surface area contributed by atoms with Crippen LogP contribution in [0.25, 0.3) is 0 Å². The number of hydrogen-bond acceptors (Lipinski definition) is 2. The van der Waals surface area contributed by atoms with Gasteiger partial charge in [0, 0.05) is 18.1 Å². The van der Waals surface area contributed by atoms with Gasteiger partial charge < -0.3 is 4.74 Å². The van der Waals surface area contributed by atoms with Gasteiger partial charge in [0.25, 0.3) is 0 Å². The summed E-state index contributed by atoms with van der Waals surface area (Å²) >= 11 is 0. The van der Waals surface area contributed by atoms with E-state index in [1.54, 1.807) is 0 Å². The number of benzene rings is 1. The van der Waals surface area contributed by atoms with Crippen molar-refractivity contribution in [1.82, 2.24) is 0 Å². The third kappa shape index (κ3) is 2.95. The summed E-state index contributed by atoms with van der Waals surface area (Å²) in [4.78, 5) is 12.1. The second kappa shape index (κ2) is 4.61. The molecule has 1 aliphatic carbocycles. The van der Waals surface area contributed by atoms with Gasteiger partial charge in [-0.25, -0.2) is 0 Å². The summed E-state index contributed by atoms with van der Waals surface area (Å²) in [5, 5.41) is 0. The fourth-order valence-corrected chi connectivity index (χ4v) is 2.26. The topological polar surface area (TPSA) is 26.3 Å². The van der Waals surface area contributed by atoms with Crippen LogP contribution in [-0.2, 0) is 11.2 Å². The first-order chi connectivity index (χ1) is 7.97. The molecule has 1 aliphatic rings. The quantitative estimate of drug-likeness (QED) is 0.799. The predicted octanol–water partition coefficient (Wildman–Crippen LogP) is 3.25. The Morgan fingerprint density at radius 1 is 1.29 bits per heavy atom. The molecule has 0 bridgehead atoms. The normalized spacial score (nSPS) is 19.5. The van der Waals surface area contributed by atoms with Gasteiger partial charge in [0.1, 0.15) is 0 Å². The van der Waals surface area contributed by atoms with Crippen molar-refractivity contribution >= 4 is 5.78 Å². The van der Waals surface area contributed by atoms with E-state index in [0.29, 0.717) is 6.61 Å². The van der Waals surface area contributed by atoms with Crippen molar-refractivity contribution in [2.75, 3.05) is 6.61 Å². The predicted molar refractivity (Wildman–Crippen MR) is 68.3 cm³/mol. The molecule has 2 rings (SSSR count). The molecule has 92 valence electrons. The van der Waals surface area contributed by atoms with Gasteiger partial charge in [-0.1, -0.05) is 24.3 Å². The van der Waals surface area contributed by atoms with Gasteiger partial charge in [-0.2, -0.15) is 0 Å². The van der Waals surface area contributed by atoms with E-state index in [9.17, 15) is 4.79 Å². The third-order valence-electron chi connectivity index (χ3n) is 3.12. The average molecular weight is 232 g/mol. The number of hydrogen-bond donors (Lipinski definition) is 0. The molecule has 0 amide bonds. The SMILES string of the molecule is CC(C)(C)OCCC1Cc2ccccc2C1=O. The van der Waals surface area contributed by atoms with Gasteiger partial charge in [-0.3, -0.25) is 4.79 Å². The van der Waals surface area contributed by atoms with Crippen LogP contribution >= 0.6 is 0 Å².